The Labute approximate surface area is 225 Å². The van der Waals surface area contributed by atoms with Crippen molar-refractivity contribution in [2.75, 3.05) is 5.73 Å². The smallest absolute Gasteiger partial charge is 0.271 e. The van der Waals surface area contributed by atoms with E-state index in [1.54, 1.807) is 48.9 Å². The van der Waals surface area contributed by atoms with Gasteiger partial charge >= 0.3 is 0 Å². The van der Waals surface area contributed by atoms with Crippen LogP contribution in [0.5, 0.6) is 23.0 Å². The maximum Gasteiger partial charge on any atom is 0.271 e. The summed E-state index contributed by atoms with van der Waals surface area (Å²) < 4.78 is 15.1. The van der Waals surface area contributed by atoms with Crippen LogP contribution in [0.15, 0.2) is 97.8 Å². The highest BCUT2D eigenvalue weighted by Gasteiger charge is 2.11. The van der Waals surface area contributed by atoms with Crippen molar-refractivity contribution in [2.24, 2.45) is 0 Å². The summed E-state index contributed by atoms with van der Waals surface area (Å²) in [5, 5.41) is 11.3. The number of nitro groups is 1. The molecule has 6 aromatic rings. The van der Waals surface area contributed by atoms with Crippen LogP contribution in [0.25, 0.3) is 11.3 Å². The first-order valence-corrected chi connectivity index (χ1v) is 11.8. The summed E-state index contributed by atoms with van der Waals surface area (Å²) in [6, 6.07) is 16.4. The summed E-state index contributed by atoms with van der Waals surface area (Å²) in [4.78, 5) is 18.5. The number of nitrogens with two attached hydrogens (primary N) is 1. The number of pyridine rings is 2. The van der Waals surface area contributed by atoms with E-state index in [1.807, 2.05) is 39.5 Å². The number of ether oxygens (including phenoxy) is 2. The van der Waals surface area contributed by atoms with Crippen molar-refractivity contribution < 1.29 is 14.4 Å². The number of imidazole rings is 2. The third kappa shape index (κ3) is 5.61. The summed E-state index contributed by atoms with van der Waals surface area (Å²) in [6.07, 6.45) is 10.8. The van der Waals surface area contributed by atoms with Crippen molar-refractivity contribution in [3.05, 3.63) is 118 Å². The predicted molar refractivity (Wildman–Crippen MR) is 145 cm³/mol. The van der Waals surface area contributed by atoms with E-state index in [4.69, 9.17) is 38.4 Å². The van der Waals surface area contributed by atoms with E-state index < -0.39 is 4.92 Å². The summed E-state index contributed by atoms with van der Waals surface area (Å²) in [7, 11) is 0. The molecule has 0 aliphatic heterocycles. The van der Waals surface area contributed by atoms with Gasteiger partial charge in [0.1, 0.15) is 34.3 Å². The standard InChI is InChI=1S/C13H8ClN3O3.C13H10ClN3O/c14-11-7-9(17(18)19)1-2-12(11)20-10-3-5-16-6-4-15-13(16)8-10;14-11-7-9(15)1-2-12(11)18-10-3-5-17-6-4-16-13(17)8-10/h1-8H;1-8H,15H2. The first-order valence-electron chi connectivity index (χ1n) is 11.1. The summed E-state index contributed by atoms with van der Waals surface area (Å²) >= 11 is 12.0. The van der Waals surface area contributed by atoms with Crippen LogP contribution in [0.2, 0.25) is 10.0 Å². The Morgan fingerprint density at radius 2 is 1.26 bits per heavy atom. The van der Waals surface area contributed by atoms with Crippen molar-refractivity contribution in [3.8, 4) is 23.0 Å². The topological polar surface area (TPSA) is 122 Å². The molecule has 2 aromatic carbocycles. The van der Waals surface area contributed by atoms with Gasteiger partial charge < -0.3 is 24.0 Å². The van der Waals surface area contributed by atoms with E-state index in [0.29, 0.717) is 33.7 Å². The number of nitrogens with zero attached hydrogens (tertiary/aromatic N) is 5. The third-order valence-corrected chi connectivity index (χ3v) is 5.87. The number of hydrogen-bond acceptors (Lipinski definition) is 7. The SMILES string of the molecule is Nc1ccc(Oc2ccn3ccnc3c2)c(Cl)c1.O=[N+]([O-])c1ccc(Oc2ccn3ccnc3c2)c(Cl)c1. The minimum Gasteiger partial charge on any atom is -0.456 e. The van der Waals surface area contributed by atoms with Crippen LogP contribution in [0.4, 0.5) is 11.4 Å². The number of nitrogen functional groups attached to an aromatic ring is 1. The molecule has 0 fully saturated rings. The Hall–Kier alpha value is -4.80. The first-order chi connectivity index (χ1) is 18.4. The second-order valence-electron chi connectivity index (χ2n) is 7.88. The molecule has 0 aliphatic rings. The zero-order valence-corrected chi connectivity index (χ0v) is 21.0. The van der Waals surface area contributed by atoms with Gasteiger partial charge in [-0.1, -0.05) is 23.2 Å². The molecule has 0 atom stereocenters. The molecule has 0 saturated heterocycles. The zero-order chi connectivity index (χ0) is 26.6. The Balaban J connectivity index is 0.000000156. The lowest BCUT2D eigenvalue weighted by Crippen LogP contribution is -1.91. The minimum absolute atomic E-state index is 0.0777. The van der Waals surface area contributed by atoms with Crippen LogP contribution in [-0.4, -0.2) is 23.7 Å². The van der Waals surface area contributed by atoms with Crippen molar-refractivity contribution in [1.29, 1.82) is 0 Å². The molecule has 0 aliphatic carbocycles. The second-order valence-corrected chi connectivity index (χ2v) is 8.69. The monoisotopic (exact) mass is 548 g/mol. The number of benzene rings is 2. The molecule has 0 amide bonds. The normalized spacial score (nSPS) is 10.7. The molecule has 10 nitrogen and oxygen atoms in total. The average Bonchev–Trinajstić information content (AvgIpc) is 3.56. The van der Waals surface area contributed by atoms with E-state index in [9.17, 15) is 10.1 Å². The van der Waals surface area contributed by atoms with Crippen LogP contribution in [0.3, 0.4) is 0 Å². The Morgan fingerprint density at radius 1 is 0.737 bits per heavy atom. The Morgan fingerprint density at radius 3 is 1.76 bits per heavy atom. The minimum atomic E-state index is -0.508. The molecule has 0 unspecified atom stereocenters. The summed E-state index contributed by atoms with van der Waals surface area (Å²) in [5.41, 5.74) is 7.71. The van der Waals surface area contributed by atoms with Crippen molar-refractivity contribution in [1.82, 2.24) is 18.8 Å². The maximum atomic E-state index is 10.6. The molecule has 6 rings (SSSR count). The molecule has 4 heterocycles. The number of halogens is 2. The number of non-ortho nitro benzene ring substituents is 1. The largest absolute Gasteiger partial charge is 0.456 e. The van der Waals surface area contributed by atoms with Crippen LogP contribution in [0.1, 0.15) is 0 Å². The molecule has 0 spiro atoms. The van der Waals surface area contributed by atoms with Gasteiger partial charge in [0.25, 0.3) is 5.69 Å². The molecular weight excluding hydrogens is 531 g/mol. The number of aromatic nitrogens is 4. The predicted octanol–water partition coefficient (Wildman–Crippen LogP) is 7.05. The number of hydrogen-bond donors (Lipinski definition) is 1. The fourth-order valence-corrected chi connectivity index (χ4v) is 3.89. The van der Waals surface area contributed by atoms with Gasteiger partial charge in [-0.15, -0.1) is 0 Å². The van der Waals surface area contributed by atoms with E-state index in [2.05, 4.69) is 9.97 Å². The zero-order valence-electron chi connectivity index (χ0n) is 19.4. The molecule has 12 heteroatoms. The van der Waals surface area contributed by atoms with E-state index in [1.165, 1.54) is 18.2 Å². The Kier molecular flexibility index (Phi) is 6.98. The van der Waals surface area contributed by atoms with E-state index in [-0.39, 0.29) is 10.7 Å². The summed E-state index contributed by atoms with van der Waals surface area (Å²) in [6.45, 7) is 0. The average molecular weight is 549 g/mol. The highest BCUT2D eigenvalue weighted by Crippen LogP contribution is 2.33. The van der Waals surface area contributed by atoms with Crippen LogP contribution < -0.4 is 15.2 Å². The molecule has 4 aromatic heterocycles. The quantitative estimate of drug-likeness (QED) is 0.139. The molecule has 0 saturated carbocycles. The summed E-state index contributed by atoms with van der Waals surface area (Å²) in [5.74, 6) is 2.16. The lowest BCUT2D eigenvalue weighted by Gasteiger charge is -2.08. The number of fused-ring (bicyclic) bond motifs is 2. The Bertz CT molecular complexity index is 1770. The van der Waals surface area contributed by atoms with Gasteiger partial charge in [0.15, 0.2) is 0 Å². The third-order valence-electron chi connectivity index (χ3n) is 5.28. The number of nitro benzene ring substituents is 1. The molecule has 38 heavy (non-hydrogen) atoms. The van der Waals surface area contributed by atoms with E-state index >= 15 is 0 Å². The highest BCUT2D eigenvalue weighted by atomic mass is 35.5. The lowest BCUT2D eigenvalue weighted by atomic mass is 10.3. The lowest BCUT2D eigenvalue weighted by molar-refractivity contribution is -0.384. The van der Waals surface area contributed by atoms with Crippen molar-refractivity contribution in [3.63, 3.8) is 0 Å². The molecule has 190 valence electrons. The first kappa shape index (κ1) is 24.9. The van der Waals surface area contributed by atoms with Crippen molar-refractivity contribution >= 4 is 45.9 Å². The van der Waals surface area contributed by atoms with Gasteiger partial charge in [-0.3, -0.25) is 10.1 Å². The van der Waals surface area contributed by atoms with Gasteiger partial charge in [0.2, 0.25) is 0 Å². The van der Waals surface area contributed by atoms with Gasteiger partial charge in [0.05, 0.1) is 15.0 Å². The maximum absolute atomic E-state index is 10.6. The van der Waals surface area contributed by atoms with Gasteiger partial charge in [0, 0.05) is 67.1 Å². The number of rotatable bonds is 5. The molecule has 0 radical (unpaired) electrons. The fraction of sp³-hybridized carbons (Fsp3) is 0. The van der Waals surface area contributed by atoms with Crippen molar-refractivity contribution in [2.45, 2.75) is 0 Å². The van der Waals surface area contributed by atoms with Crippen LogP contribution >= 0.6 is 23.2 Å². The highest BCUT2D eigenvalue weighted by molar-refractivity contribution is 6.32. The fourth-order valence-electron chi connectivity index (χ4n) is 3.45. The van der Waals surface area contributed by atoms with E-state index in [0.717, 1.165) is 11.3 Å². The van der Waals surface area contributed by atoms with Gasteiger partial charge in [-0.2, -0.15) is 0 Å². The number of anilines is 1. The second kappa shape index (κ2) is 10.7. The molecular formula is C26H18Cl2N6O4. The van der Waals surface area contributed by atoms with Gasteiger partial charge in [-0.05, 0) is 36.4 Å². The molecule has 0 bridgehead atoms. The van der Waals surface area contributed by atoms with Gasteiger partial charge in [-0.25, -0.2) is 9.97 Å². The van der Waals surface area contributed by atoms with Crippen LogP contribution in [-0.2, 0) is 0 Å². The molecule has 2 N–H and O–H groups in total. The van der Waals surface area contributed by atoms with Crippen LogP contribution in [0, 0.1) is 10.1 Å².